The molecule has 6 heteroatoms. The SMILES string of the molecule is CCN(CC)C(C)CNC(=NC)NC1CCN(C(=O)C2CCCCC2)C1. The van der Waals surface area contributed by atoms with Gasteiger partial charge in [-0.2, -0.15) is 0 Å². The summed E-state index contributed by atoms with van der Waals surface area (Å²) in [4.78, 5) is 21.6. The van der Waals surface area contributed by atoms with E-state index in [-0.39, 0.29) is 5.92 Å². The van der Waals surface area contributed by atoms with Gasteiger partial charge in [-0.05, 0) is 39.3 Å². The highest BCUT2D eigenvalue weighted by atomic mass is 16.2. The van der Waals surface area contributed by atoms with Crippen molar-refractivity contribution in [1.82, 2.24) is 20.4 Å². The Morgan fingerprint density at radius 1 is 1.19 bits per heavy atom. The van der Waals surface area contributed by atoms with Crippen LogP contribution < -0.4 is 10.6 Å². The molecule has 0 radical (unpaired) electrons. The summed E-state index contributed by atoms with van der Waals surface area (Å²) in [6.45, 7) is 11.3. The summed E-state index contributed by atoms with van der Waals surface area (Å²) in [6, 6.07) is 0.772. The lowest BCUT2D eigenvalue weighted by Crippen LogP contribution is -2.49. The minimum atomic E-state index is 0.273. The number of likely N-dealkylation sites (N-methyl/N-ethyl adjacent to an activating group) is 1. The zero-order valence-electron chi connectivity index (χ0n) is 17.3. The van der Waals surface area contributed by atoms with Crippen molar-refractivity contribution in [2.24, 2.45) is 10.9 Å². The highest BCUT2D eigenvalue weighted by molar-refractivity contribution is 5.81. The van der Waals surface area contributed by atoms with E-state index in [4.69, 9.17) is 0 Å². The summed E-state index contributed by atoms with van der Waals surface area (Å²) in [7, 11) is 1.82. The van der Waals surface area contributed by atoms with Gasteiger partial charge < -0.3 is 15.5 Å². The van der Waals surface area contributed by atoms with Crippen molar-refractivity contribution < 1.29 is 4.79 Å². The molecule has 1 aliphatic carbocycles. The van der Waals surface area contributed by atoms with E-state index < -0.39 is 0 Å². The van der Waals surface area contributed by atoms with Crippen molar-refractivity contribution in [3.8, 4) is 0 Å². The number of hydrogen-bond acceptors (Lipinski definition) is 3. The van der Waals surface area contributed by atoms with Crippen LogP contribution in [0.4, 0.5) is 0 Å². The van der Waals surface area contributed by atoms with Gasteiger partial charge in [-0.15, -0.1) is 0 Å². The number of likely N-dealkylation sites (tertiary alicyclic amines) is 1. The molecule has 2 fully saturated rings. The number of amides is 1. The second-order valence-electron chi connectivity index (χ2n) is 7.77. The standard InChI is InChI=1S/C20H39N5O/c1-5-24(6-2)16(3)14-22-20(21-4)23-18-12-13-25(15-18)19(26)17-10-8-7-9-11-17/h16-18H,5-15H2,1-4H3,(H2,21,22,23). The Hall–Kier alpha value is -1.30. The molecule has 1 saturated heterocycles. The molecule has 0 bridgehead atoms. The molecule has 26 heavy (non-hydrogen) atoms. The molecule has 2 rings (SSSR count). The first-order valence-electron chi connectivity index (χ1n) is 10.6. The van der Waals surface area contributed by atoms with Crippen molar-refractivity contribution in [2.45, 2.75) is 71.4 Å². The normalized spacial score (nSPS) is 23.3. The predicted octanol–water partition coefficient (Wildman–Crippen LogP) is 2.06. The first-order chi connectivity index (χ1) is 12.6. The molecule has 1 amide bonds. The van der Waals surface area contributed by atoms with E-state index >= 15 is 0 Å². The third-order valence-electron chi connectivity index (χ3n) is 6.02. The summed E-state index contributed by atoms with van der Waals surface area (Å²) >= 11 is 0. The first kappa shape index (κ1) is 21.0. The van der Waals surface area contributed by atoms with E-state index in [0.717, 1.165) is 57.9 Å². The van der Waals surface area contributed by atoms with Crippen LogP contribution in [0.1, 0.15) is 59.3 Å². The molecular weight excluding hydrogens is 326 g/mol. The van der Waals surface area contributed by atoms with E-state index in [1.165, 1.54) is 19.3 Å². The van der Waals surface area contributed by atoms with E-state index in [1.54, 1.807) is 0 Å². The van der Waals surface area contributed by atoms with Crippen LogP contribution in [0.3, 0.4) is 0 Å². The monoisotopic (exact) mass is 365 g/mol. The highest BCUT2D eigenvalue weighted by Crippen LogP contribution is 2.26. The fourth-order valence-electron chi connectivity index (χ4n) is 4.29. The lowest BCUT2D eigenvalue weighted by molar-refractivity contribution is -0.135. The van der Waals surface area contributed by atoms with Crippen LogP contribution in [0.5, 0.6) is 0 Å². The van der Waals surface area contributed by atoms with Crippen molar-refractivity contribution in [3.05, 3.63) is 0 Å². The predicted molar refractivity (Wildman–Crippen MR) is 108 cm³/mol. The van der Waals surface area contributed by atoms with Crippen LogP contribution in [-0.2, 0) is 4.79 Å². The molecule has 2 aliphatic rings. The summed E-state index contributed by atoms with van der Waals surface area (Å²) in [5, 5.41) is 6.96. The number of carbonyl (C=O) groups is 1. The third kappa shape index (κ3) is 5.86. The average molecular weight is 366 g/mol. The number of rotatable bonds is 7. The van der Waals surface area contributed by atoms with Crippen molar-refractivity contribution in [2.75, 3.05) is 39.8 Å². The maximum absolute atomic E-state index is 12.7. The fraction of sp³-hybridized carbons (Fsp3) is 0.900. The maximum atomic E-state index is 12.7. The molecule has 1 aliphatic heterocycles. The molecule has 0 aromatic rings. The quantitative estimate of drug-likeness (QED) is 0.536. The molecule has 2 atom stereocenters. The Labute approximate surface area is 159 Å². The van der Waals surface area contributed by atoms with Gasteiger partial charge in [0, 0.05) is 44.7 Å². The van der Waals surface area contributed by atoms with E-state index in [2.05, 4.69) is 46.2 Å². The van der Waals surface area contributed by atoms with Crippen LogP contribution in [-0.4, -0.2) is 73.5 Å². The molecule has 2 N–H and O–H groups in total. The van der Waals surface area contributed by atoms with Gasteiger partial charge in [0.05, 0.1) is 0 Å². The zero-order chi connectivity index (χ0) is 18.9. The van der Waals surface area contributed by atoms with Crippen LogP contribution in [0.2, 0.25) is 0 Å². The second kappa shape index (κ2) is 10.8. The van der Waals surface area contributed by atoms with Gasteiger partial charge >= 0.3 is 0 Å². The van der Waals surface area contributed by atoms with Crippen molar-refractivity contribution in [1.29, 1.82) is 0 Å². The second-order valence-corrected chi connectivity index (χ2v) is 7.77. The third-order valence-corrected chi connectivity index (χ3v) is 6.02. The Balaban J connectivity index is 1.76. The molecule has 0 aromatic heterocycles. The Kier molecular flexibility index (Phi) is 8.69. The molecule has 2 unspecified atom stereocenters. The van der Waals surface area contributed by atoms with Gasteiger partial charge in [-0.1, -0.05) is 33.1 Å². The number of nitrogens with zero attached hydrogens (tertiary/aromatic N) is 3. The Morgan fingerprint density at radius 2 is 1.88 bits per heavy atom. The largest absolute Gasteiger partial charge is 0.355 e. The summed E-state index contributed by atoms with van der Waals surface area (Å²) in [5.41, 5.74) is 0. The van der Waals surface area contributed by atoms with Gasteiger partial charge in [0.1, 0.15) is 0 Å². The lowest BCUT2D eigenvalue weighted by Gasteiger charge is -2.28. The summed E-state index contributed by atoms with van der Waals surface area (Å²) in [6.07, 6.45) is 6.90. The first-order valence-corrected chi connectivity index (χ1v) is 10.6. The molecule has 1 heterocycles. The molecule has 0 spiro atoms. The molecule has 1 saturated carbocycles. The van der Waals surface area contributed by atoms with E-state index in [9.17, 15) is 4.79 Å². The number of hydrogen-bond donors (Lipinski definition) is 2. The Bertz CT molecular complexity index is 457. The number of guanidine groups is 1. The van der Waals surface area contributed by atoms with E-state index in [1.807, 2.05) is 7.05 Å². The van der Waals surface area contributed by atoms with Crippen molar-refractivity contribution in [3.63, 3.8) is 0 Å². The van der Waals surface area contributed by atoms with E-state index in [0.29, 0.717) is 18.0 Å². The summed E-state index contributed by atoms with van der Waals surface area (Å²) in [5.74, 6) is 1.50. The maximum Gasteiger partial charge on any atom is 0.225 e. The van der Waals surface area contributed by atoms with Crippen molar-refractivity contribution >= 4 is 11.9 Å². The Morgan fingerprint density at radius 3 is 2.50 bits per heavy atom. The number of nitrogens with one attached hydrogen (secondary N) is 2. The van der Waals surface area contributed by atoms with Gasteiger partial charge in [-0.25, -0.2) is 0 Å². The summed E-state index contributed by atoms with van der Waals surface area (Å²) < 4.78 is 0. The highest BCUT2D eigenvalue weighted by Gasteiger charge is 2.31. The number of carbonyl (C=O) groups excluding carboxylic acids is 1. The van der Waals surface area contributed by atoms with Gasteiger partial charge in [0.25, 0.3) is 0 Å². The van der Waals surface area contributed by atoms with Crippen LogP contribution >= 0.6 is 0 Å². The fourth-order valence-corrected chi connectivity index (χ4v) is 4.29. The van der Waals surface area contributed by atoms with Gasteiger partial charge in [0.15, 0.2) is 5.96 Å². The van der Waals surface area contributed by atoms with Gasteiger partial charge in [-0.3, -0.25) is 14.7 Å². The van der Waals surface area contributed by atoms with Gasteiger partial charge in [0.2, 0.25) is 5.91 Å². The van der Waals surface area contributed by atoms with Crippen LogP contribution in [0.25, 0.3) is 0 Å². The topological polar surface area (TPSA) is 60.0 Å². The smallest absolute Gasteiger partial charge is 0.225 e. The molecule has 150 valence electrons. The lowest BCUT2D eigenvalue weighted by atomic mass is 9.88. The molecule has 6 nitrogen and oxygen atoms in total. The zero-order valence-corrected chi connectivity index (χ0v) is 17.3. The minimum Gasteiger partial charge on any atom is -0.355 e. The van der Waals surface area contributed by atoms with Crippen LogP contribution in [0, 0.1) is 5.92 Å². The van der Waals surface area contributed by atoms with Crippen LogP contribution in [0.15, 0.2) is 4.99 Å². The molecular formula is C20H39N5O. The molecule has 0 aromatic carbocycles. The number of aliphatic imine (C=N–C) groups is 1. The minimum absolute atomic E-state index is 0.273. The average Bonchev–Trinajstić information content (AvgIpc) is 3.14.